The zero-order chi connectivity index (χ0) is 21.5. The molecule has 0 bridgehead atoms. The fraction of sp³-hybridized carbons (Fsp3) is 0.522. The van der Waals surface area contributed by atoms with Gasteiger partial charge >= 0.3 is 5.97 Å². The lowest BCUT2D eigenvalue weighted by atomic mass is 9.77. The number of ether oxygens (including phenoxy) is 4. The van der Waals surface area contributed by atoms with Gasteiger partial charge in [-0.3, -0.25) is 0 Å². The Morgan fingerprint density at radius 3 is 2.77 bits per heavy atom. The summed E-state index contributed by atoms with van der Waals surface area (Å²) in [6, 6.07) is 1.75. The Balaban J connectivity index is 1.65. The topological polar surface area (TPSA) is 86.3 Å². The molecular weight excluding hydrogens is 386 g/mol. The van der Waals surface area contributed by atoms with E-state index in [-0.39, 0.29) is 24.4 Å². The van der Waals surface area contributed by atoms with E-state index in [9.17, 15) is 9.90 Å². The lowest BCUT2D eigenvalue weighted by Gasteiger charge is -2.39. The quantitative estimate of drug-likeness (QED) is 0.715. The second kappa shape index (κ2) is 7.96. The molecule has 0 aromatic heterocycles. The second-order valence-electron chi connectivity index (χ2n) is 8.18. The van der Waals surface area contributed by atoms with Gasteiger partial charge in [-0.1, -0.05) is 6.58 Å². The Hall–Kier alpha value is -2.51. The van der Waals surface area contributed by atoms with Crippen LogP contribution in [0.15, 0.2) is 24.5 Å². The Bertz CT molecular complexity index is 897. The number of aliphatic hydroxyl groups is 1. The van der Waals surface area contributed by atoms with E-state index in [2.05, 4.69) is 11.9 Å². The molecule has 0 radical (unpaired) electrons. The Morgan fingerprint density at radius 2 is 2.10 bits per heavy atom. The zero-order valence-electron chi connectivity index (χ0n) is 17.7. The number of carbonyl (C=O) groups excluding carboxylic acids is 1. The minimum atomic E-state index is -0.973. The van der Waals surface area contributed by atoms with Crippen LogP contribution in [0.5, 0.6) is 17.2 Å². The summed E-state index contributed by atoms with van der Waals surface area (Å²) in [6.07, 6.45) is 3.52. The molecule has 0 amide bonds. The van der Waals surface area contributed by atoms with Crippen molar-refractivity contribution in [1.82, 2.24) is 5.32 Å². The predicted molar refractivity (Wildman–Crippen MR) is 112 cm³/mol. The maximum Gasteiger partial charge on any atom is 0.374 e. The van der Waals surface area contributed by atoms with Gasteiger partial charge in [-0.15, -0.1) is 0 Å². The maximum atomic E-state index is 12.1. The molecule has 2 N–H and O–H groups in total. The molecule has 1 aromatic rings. The summed E-state index contributed by atoms with van der Waals surface area (Å²) in [5.41, 5.74) is 1.20. The van der Waals surface area contributed by atoms with Gasteiger partial charge < -0.3 is 29.4 Å². The van der Waals surface area contributed by atoms with Gasteiger partial charge in [0.2, 0.25) is 5.76 Å². The molecule has 4 rings (SSSR count). The molecule has 3 heterocycles. The van der Waals surface area contributed by atoms with Crippen LogP contribution in [0.25, 0.3) is 5.57 Å². The van der Waals surface area contributed by atoms with Crippen molar-refractivity contribution in [2.45, 2.75) is 44.8 Å². The smallest absolute Gasteiger partial charge is 0.374 e. The molecule has 1 saturated heterocycles. The zero-order valence-corrected chi connectivity index (χ0v) is 17.7. The molecular formula is C23H29NO6. The molecule has 0 spiro atoms. The number of allylic oxidation sites excluding steroid dienone is 2. The molecule has 3 aliphatic heterocycles. The molecule has 1 fully saturated rings. The van der Waals surface area contributed by atoms with Gasteiger partial charge in [0.15, 0.2) is 0 Å². The SMILES string of the molecule is C=C1C=C(C(=O)OCC)Oc2cc3c(c(OC)c21)C[C@@H]([C@](C)(O)C1CCNCC1)O3. The van der Waals surface area contributed by atoms with Crippen molar-refractivity contribution in [2.24, 2.45) is 5.92 Å². The van der Waals surface area contributed by atoms with Crippen LogP contribution >= 0.6 is 0 Å². The third-order valence-electron chi connectivity index (χ3n) is 6.31. The number of hydrogen-bond acceptors (Lipinski definition) is 7. The molecule has 7 nitrogen and oxygen atoms in total. The maximum absolute atomic E-state index is 12.1. The van der Waals surface area contributed by atoms with Crippen molar-refractivity contribution >= 4 is 11.5 Å². The van der Waals surface area contributed by atoms with Crippen LogP contribution in [-0.4, -0.2) is 49.6 Å². The van der Waals surface area contributed by atoms with Crippen LogP contribution in [0, 0.1) is 5.92 Å². The third-order valence-corrected chi connectivity index (χ3v) is 6.31. The van der Waals surface area contributed by atoms with Crippen molar-refractivity contribution in [1.29, 1.82) is 0 Å². The predicted octanol–water partition coefficient (Wildman–Crippen LogP) is 2.60. The van der Waals surface area contributed by atoms with E-state index in [1.165, 1.54) is 0 Å². The molecule has 162 valence electrons. The molecule has 0 unspecified atom stereocenters. The number of esters is 1. The van der Waals surface area contributed by atoms with Gasteiger partial charge in [-0.25, -0.2) is 4.79 Å². The first-order valence-electron chi connectivity index (χ1n) is 10.5. The highest BCUT2D eigenvalue weighted by Gasteiger charge is 2.46. The van der Waals surface area contributed by atoms with Gasteiger partial charge in [0.05, 0.1) is 19.3 Å². The first-order chi connectivity index (χ1) is 14.4. The van der Waals surface area contributed by atoms with Crippen molar-refractivity contribution in [3.8, 4) is 17.2 Å². The van der Waals surface area contributed by atoms with Crippen LogP contribution in [0.2, 0.25) is 0 Å². The standard InChI is InChI=1S/C23H29NO6/c1-5-28-22(25)18-10-13(2)20-17(29-18)12-16-15(21(20)27-4)11-19(30-16)23(3,26)14-6-8-24-9-7-14/h10,12,14,19,24,26H,2,5-9,11H2,1,3-4H3/t19-,23+/m0/s1. The van der Waals surface area contributed by atoms with Gasteiger partial charge in [-0.2, -0.15) is 0 Å². The summed E-state index contributed by atoms with van der Waals surface area (Å²) in [5.74, 6) is 1.33. The molecule has 7 heteroatoms. The summed E-state index contributed by atoms with van der Waals surface area (Å²) < 4.78 is 22.8. The van der Waals surface area contributed by atoms with Gasteiger partial charge in [0, 0.05) is 18.1 Å². The van der Waals surface area contributed by atoms with Crippen LogP contribution in [0.1, 0.15) is 37.8 Å². The molecule has 3 aliphatic rings. The normalized spacial score (nSPS) is 22.7. The summed E-state index contributed by atoms with van der Waals surface area (Å²) in [5, 5.41) is 14.7. The Kier molecular flexibility index (Phi) is 5.51. The van der Waals surface area contributed by atoms with E-state index < -0.39 is 11.6 Å². The Labute approximate surface area is 176 Å². The lowest BCUT2D eigenvalue weighted by Crippen LogP contribution is -2.51. The van der Waals surface area contributed by atoms with E-state index in [4.69, 9.17) is 18.9 Å². The molecule has 0 saturated carbocycles. The van der Waals surface area contributed by atoms with E-state index in [1.54, 1.807) is 26.2 Å². The van der Waals surface area contributed by atoms with Gasteiger partial charge in [-0.05, 0) is 57.3 Å². The van der Waals surface area contributed by atoms with Gasteiger partial charge in [0.25, 0.3) is 0 Å². The second-order valence-corrected chi connectivity index (χ2v) is 8.18. The Morgan fingerprint density at radius 1 is 1.37 bits per heavy atom. The highest BCUT2D eigenvalue weighted by molar-refractivity contribution is 5.95. The fourth-order valence-electron chi connectivity index (χ4n) is 4.62. The van der Waals surface area contributed by atoms with Crippen LogP contribution < -0.4 is 19.5 Å². The minimum absolute atomic E-state index is 0.0765. The number of fused-ring (bicyclic) bond motifs is 2. The van der Waals surface area contributed by atoms with E-state index in [0.29, 0.717) is 34.8 Å². The van der Waals surface area contributed by atoms with Crippen molar-refractivity contribution in [2.75, 3.05) is 26.8 Å². The first kappa shape index (κ1) is 20.8. The van der Waals surface area contributed by atoms with E-state index in [1.807, 2.05) is 6.92 Å². The van der Waals surface area contributed by atoms with Crippen LogP contribution in [0.4, 0.5) is 0 Å². The average Bonchev–Trinajstić information content (AvgIpc) is 3.17. The van der Waals surface area contributed by atoms with E-state index >= 15 is 0 Å². The first-order valence-corrected chi connectivity index (χ1v) is 10.5. The highest BCUT2D eigenvalue weighted by Crippen LogP contribution is 2.50. The number of piperidine rings is 1. The number of hydrogen-bond donors (Lipinski definition) is 2. The summed E-state index contributed by atoms with van der Waals surface area (Å²) in [7, 11) is 1.59. The summed E-state index contributed by atoms with van der Waals surface area (Å²) >= 11 is 0. The fourth-order valence-corrected chi connectivity index (χ4v) is 4.62. The van der Waals surface area contributed by atoms with Crippen LogP contribution in [-0.2, 0) is 16.0 Å². The van der Waals surface area contributed by atoms with Crippen molar-refractivity contribution in [3.63, 3.8) is 0 Å². The largest absolute Gasteiger partial charge is 0.496 e. The van der Waals surface area contributed by atoms with Crippen LogP contribution in [0.3, 0.4) is 0 Å². The number of rotatable bonds is 5. The minimum Gasteiger partial charge on any atom is -0.496 e. The summed E-state index contributed by atoms with van der Waals surface area (Å²) in [4.78, 5) is 12.1. The van der Waals surface area contributed by atoms with E-state index in [0.717, 1.165) is 31.5 Å². The van der Waals surface area contributed by atoms with Gasteiger partial charge in [0.1, 0.15) is 29.0 Å². The monoisotopic (exact) mass is 415 g/mol. The molecule has 1 aromatic carbocycles. The number of methoxy groups -OCH3 is 1. The molecule has 2 atom stereocenters. The molecule has 0 aliphatic carbocycles. The summed E-state index contributed by atoms with van der Waals surface area (Å²) in [6.45, 7) is 9.73. The third kappa shape index (κ3) is 3.46. The lowest BCUT2D eigenvalue weighted by molar-refractivity contribution is -0.141. The van der Waals surface area contributed by atoms with Crippen molar-refractivity contribution < 1.29 is 28.8 Å². The van der Waals surface area contributed by atoms with Crippen molar-refractivity contribution in [3.05, 3.63) is 35.6 Å². The average molecular weight is 415 g/mol. The molecule has 30 heavy (non-hydrogen) atoms. The number of benzene rings is 1. The number of nitrogens with one attached hydrogen (secondary N) is 1. The highest BCUT2D eigenvalue weighted by atomic mass is 16.6. The number of carbonyl (C=O) groups is 1.